The summed E-state index contributed by atoms with van der Waals surface area (Å²) in [7, 11) is 0. The molecule has 0 radical (unpaired) electrons. The normalized spacial score (nSPS) is 13.6. The van der Waals surface area contributed by atoms with E-state index in [9.17, 15) is 0 Å². The number of halogens is 1. The molecule has 0 aliphatic heterocycles. The molecule has 0 bridgehead atoms. The molecular formula is C13H18ClNO. The molecule has 0 heterocycles. The number of hydrogen-bond donors (Lipinski definition) is 1. The summed E-state index contributed by atoms with van der Waals surface area (Å²) in [6.07, 6.45) is 0.939. The second kappa shape index (κ2) is 6.56. The van der Waals surface area contributed by atoms with Crippen LogP contribution < -0.4 is 10.5 Å². The van der Waals surface area contributed by atoms with Crippen molar-refractivity contribution in [1.82, 2.24) is 0 Å². The number of nitrogens with two attached hydrogens (primary N) is 1. The summed E-state index contributed by atoms with van der Waals surface area (Å²) in [4.78, 5) is 0. The predicted molar refractivity (Wildman–Crippen MR) is 68.8 cm³/mol. The second-order valence-electron chi connectivity index (χ2n) is 3.83. The molecule has 16 heavy (non-hydrogen) atoms. The van der Waals surface area contributed by atoms with Gasteiger partial charge in [-0.25, -0.2) is 0 Å². The van der Waals surface area contributed by atoms with Gasteiger partial charge in [-0.1, -0.05) is 30.7 Å². The van der Waals surface area contributed by atoms with Crippen LogP contribution in [0.2, 0.25) is 0 Å². The van der Waals surface area contributed by atoms with Crippen molar-refractivity contribution < 1.29 is 4.74 Å². The molecule has 0 unspecified atom stereocenters. The fourth-order valence-corrected chi connectivity index (χ4v) is 1.34. The molecule has 1 atom stereocenters. The number of ether oxygens (including phenoxy) is 1. The van der Waals surface area contributed by atoms with Gasteiger partial charge in [0.1, 0.15) is 12.4 Å². The van der Waals surface area contributed by atoms with Crippen molar-refractivity contribution in [2.75, 3.05) is 6.61 Å². The van der Waals surface area contributed by atoms with E-state index in [-0.39, 0.29) is 6.04 Å². The van der Waals surface area contributed by atoms with Crippen LogP contribution in [0.1, 0.15) is 31.9 Å². The fourth-order valence-electron chi connectivity index (χ4n) is 1.28. The first-order valence-corrected chi connectivity index (χ1v) is 5.85. The van der Waals surface area contributed by atoms with Crippen LogP contribution in [-0.2, 0) is 0 Å². The molecule has 88 valence electrons. The third-order valence-electron chi connectivity index (χ3n) is 2.40. The molecule has 0 saturated heterocycles. The minimum absolute atomic E-state index is 0.110. The zero-order valence-electron chi connectivity index (χ0n) is 9.74. The molecule has 2 nitrogen and oxygen atoms in total. The summed E-state index contributed by atoms with van der Waals surface area (Å²) in [5.41, 5.74) is 9.58. The highest BCUT2D eigenvalue weighted by molar-refractivity contribution is 6.25. The number of rotatable bonds is 5. The Morgan fingerprint density at radius 3 is 2.56 bits per heavy atom. The molecule has 2 N–H and O–H groups in total. The van der Waals surface area contributed by atoms with Crippen LogP contribution in [0.4, 0.5) is 0 Å². The van der Waals surface area contributed by atoms with Crippen LogP contribution in [0.5, 0.6) is 5.75 Å². The smallest absolute Gasteiger partial charge is 0.119 e. The van der Waals surface area contributed by atoms with Gasteiger partial charge in [-0.05, 0) is 36.6 Å². The van der Waals surface area contributed by atoms with E-state index in [1.54, 1.807) is 0 Å². The lowest BCUT2D eigenvalue weighted by Gasteiger charge is -2.10. The Bertz CT molecular complexity index is 345. The Morgan fingerprint density at radius 2 is 2.06 bits per heavy atom. The van der Waals surface area contributed by atoms with Crippen molar-refractivity contribution in [2.45, 2.75) is 26.3 Å². The topological polar surface area (TPSA) is 35.2 Å². The van der Waals surface area contributed by atoms with E-state index < -0.39 is 0 Å². The monoisotopic (exact) mass is 239 g/mol. The lowest BCUT2D eigenvalue weighted by Crippen LogP contribution is -2.08. The van der Waals surface area contributed by atoms with E-state index in [0.717, 1.165) is 23.3 Å². The van der Waals surface area contributed by atoms with Crippen LogP contribution in [0, 0.1) is 0 Å². The third kappa shape index (κ3) is 3.87. The maximum atomic E-state index is 5.92. The predicted octanol–water partition coefficient (Wildman–Crippen LogP) is 3.62. The maximum absolute atomic E-state index is 5.92. The largest absolute Gasteiger partial charge is 0.489 e. The minimum atomic E-state index is 0.110. The first-order valence-electron chi connectivity index (χ1n) is 5.41. The summed E-state index contributed by atoms with van der Waals surface area (Å²) in [6.45, 7) is 4.51. The van der Waals surface area contributed by atoms with Crippen molar-refractivity contribution in [3.63, 3.8) is 0 Å². The number of hydrogen-bond acceptors (Lipinski definition) is 2. The molecule has 0 aliphatic carbocycles. The first-order chi connectivity index (χ1) is 7.67. The van der Waals surface area contributed by atoms with E-state index in [2.05, 4.69) is 6.92 Å². The van der Waals surface area contributed by atoms with E-state index in [4.69, 9.17) is 22.1 Å². The number of benzene rings is 1. The molecular weight excluding hydrogens is 222 g/mol. The SMILES string of the molecule is CC[C@H](N)c1ccc(OC/C(C)=C/Cl)cc1. The van der Waals surface area contributed by atoms with Gasteiger partial charge in [-0.2, -0.15) is 0 Å². The molecule has 1 rings (SSSR count). The van der Waals surface area contributed by atoms with Gasteiger partial charge in [-0.15, -0.1) is 0 Å². The van der Waals surface area contributed by atoms with Gasteiger partial charge in [0.2, 0.25) is 0 Å². The van der Waals surface area contributed by atoms with Crippen LogP contribution in [0.3, 0.4) is 0 Å². The molecule has 3 heteroatoms. The van der Waals surface area contributed by atoms with Gasteiger partial charge >= 0.3 is 0 Å². The van der Waals surface area contributed by atoms with Gasteiger partial charge in [0.05, 0.1) is 0 Å². The zero-order chi connectivity index (χ0) is 12.0. The van der Waals surface area contributed by atoms with Crippen LogP contribution in [0.15, 0.2) is 35.4 Å². The highest BCUT2D eigenvalue weighted by atomic mass is 35.5. The van der Waals surface area contributed by atoms with Crippen molar-refractivity contribution >= 4 is 11.6 Å². The van der Waals surface area contributed by atoms with Gasteiger partial charge in [-0.3, -0.25) is 0 Å². The molecule has 1 aromatic rings. The average Bonchev–Trinajstić information content (AvgIpc) is 2.35. The Morgan fingerprint density at radius 1 is 1.44 bits per heavy atom. The highest BCUT2D eigenvalue weighted by Crippen LogP contribution is 2.18. The van der Waals surface area contributed by atoms with E-state index in [0.29, 0.717) is 6.61 Å². The van der Waals surface area contributed by atoms with Crippen LogP contribution in [-0.4, -0.2) is 6.61 Å². The maximum Gasteiger partial charge on any atom is 0.119 e. The molecule has 0 aliphatic rings. The van der Waals surface area contributed by atoms with Gasteiger partial charge in [0.25, 0.3) is 0 Å². The Kier molecular flexibility index (Phi) is 5.36. The molecule has 0 spiro atoms. The van der Waals surface area contributed by atoms with Crippen molar-refractivity contribution in [3.05, 3.63) is 40.9 Å². The van der Waals surface area contributed by atoms with E-state index in [1.807, 2.05) is 31.2 Å². The zero-order valence-corrected chi connectivity index (χ0v) is 10.5. The Hall–Kier alpha value is -0.990. The summed E-state index contributed by atoms with van der Waals surface area (Å²) in [6, 6.07) is 7.99. The first kappa shape index (κ1) is 13.1. The van der Waals surface area contributed by atoms with Crippen molar-refractivity contribution in [3.8, 4) is 5.75 Å². The summed E-state index contributed by atoms with van der Waals surface area (Å²) in [5.74, 6) is 0.838. The lowest BCUT2D eigenvalue weighted by molar-refractivity contribution is 0.352. The third-order valence-corrected chi connectivity index (χ3v) is 2.77. The summed E-state index contributed by atoms with van der Waals surface area (Å²) in [5, 5.41) is 0. The summed E-state index contributed by atoms with van der Waals surface area (Å²) >= 11 is 5.55. The molecule has 0 fully saturated rings. The highest BCUT2D eigenvalue weighted by Gasteiger charge is 2.02. The van der Waals surface area contributed by atoms with Gasteiger partial charge in [0, 0.05) is 11.6 Å². The van der Waals surface area contributed by atoms with Crippen molar-refractivity contribution in [2.24, 2.45) is 5.73 Å². The van der Waals surface area contributed by atoms with Gasteiger partial charge in [0.15, 0.2) is 0 Å². The van der Waals surface area contributed by atoms with Crippen LogP contribution >= 0.6 is 11.6 Å². The van der Waals surface area contributed by atoms with Crippen LogP contribution in [0.25, 0.3) is 0 Å². The molecule has 0 aromatic heterocycles. The Labute approximate surface area is 102 Å². The Balaban J connectivity index is 2.58. The van der Waals surface area contributed by atoms with Crippen molar-refractivity contribution in [1.29, 1.82) is 0 Å². The quantitative estimate of drug-likeness (QED) is 0.852. The molecule has 1 aromatic carbocycles. The standard InChI is InChI=1S/C13H18ClNO/c1-3-13(15)11-4-6-12(7-5-11)16-9-10(2)8-14/h4-8,13H,3,9,15H2,1-2H3/b10-8+/t13-/m0/s1. The molecule has 0 amide bonds. The van der Waals surface area contributed by atoms with E-state index >= 15 is 0 Å². The second-order valence-corrected chi connectivity index (χ2v) is 4.05. The van der Waals surface area contributed by atoms with Gasteiger partial charge < -0.3 is 10.5 Å². The van der Waals surface area contributed by atoms with E-state index in [1.165, 1.54) is 5.54 Å². The fraction of sp³-hybridized carbons (Fsp3) is 0.385. The minimum Gasteiger partial charge on any atom is -0.489 e. The summed E-state index contributed by atoms with van der Waals surface area (Å²) < 4.78 is 5.53. The lowest BCUT2D eigenvalue weighted by atomic mass is 10.1. The average molecular weight is 240 g/mol. The molecule has 0 saturated carbocycles.